The molecule has 6 atom stereocenters. The van der Waals surface area contributed by atoms with Gasteiger partial charge in [-0.05, 0) is 36.0 Å². The third kappa shape index (κ3) is 4.02. The number of carbonyl (C=O) groups excluding carboxylic acids is 4. The number of benzene rings is 3. The topological polar surface area (TPSA) is 95.0 Å². The first-order valence-corrected chi connectivity index (χ1v) is 14.2. The van der Waals surface area contributed by atoms with Crippen LogP contribution < -0.4 is 0 Å². The lowest BCUT2D eigenvalue weighted by molar-refractivity contribution is -0.142. The zero-order chi connectivity index (χ0) is 28.2. The van der Waals surface area contributed by atoms with E-state index < -0.39 is 29.6 Å². The monoisotopic (exact) mass is 546 g/mol. The Morgan fingerprint density at radius 1 is 0.610 bits per heavy atom. The lowest BCUT2D eigenvalue weighted by Crippen LogP contribution is -2.43. The van der Waals surface area contributed by atoms with Crippen LogP contribution in [0.4, 0.5) is 0 Å². The average Bonchev–Trinajstić information content (AvgIpc) is 3.37. The molecule has 3 aromatic rings. The van der Waals surface area contributed by atoms with Gasteiger partial charge in [0.2, 0.25) is 23.6 Å². The Morgan fingerprint density at radius 3 is 1.76 bits per heavy atom. The van der Waals surface area contributed by atoms with Gasteiger partial charge in [-0.3, -0.25) is 29.0 Å². The molecule has 2 saturated heterocycles. The van der Waals surface area contributed by atoms with E-state index in [0.29, 0.717) is 18.4 Å². The van der Waals surface area contributed by atoms with Crippen molar-refractivity contribution in [3.63, 3.8) is 0 Å². The molecule has 7 heteroatoms. The summed E-state index contributed by atoms with van der Waals surface area (Å²) in [5, 5.41) is 10.9. The van der Waals surface area contributed by atoms with Gasteiger partial charge in [-0.1, -0.05) is 90.5 Å². The zero-order valence-electron chi connectivity index (χ0n) is 22.4. The molecular weight excluding hydrogens is 516 g/mol. The number of phenolic OH excluding ortho intramolecular Hbond substituents is 1. The second-order valence-electron chi connectivity index (χ2n) is 11.6. The molecule has 2 aliphatic carbocycles. The lowest BCUT2D eigenvalue weighted by atomic mass is 9.57. The van der Waals surface area contributed by atoms with E-state index in [4.69, 9.17) is 0 Å². The Labute approximate surface area is 238 Å². The number of hydrogen-bond donors (Lipinski definition) is 1. The molecule has 1 N–H and O–H groups in total. The number of hydrogen-bond acceptors (Lipinski definition) is 5. The van der Waals surface area contributed by atoms with Crippen LogP contribution in [0, 0.1) is 29.6 Å². The number of amides is 4. The molecule has 41 heavy (non-hydrogen) atoms. The highest BCUT2D eigenvalue weighted by atomic mass is 16.3. The predicted octanol–water partition coefficient (Wildman–Crippen LogP) is 4.43. The van der Waals surface area contributed by atoms with Crippen LogP contribution >= 0.6 is 0 Å². The van der Waals surface area contributed by atoms with Crippen LogP contribution in [-0.4, -0.2) is 38.5 Å². The second kappa shape index (κ2) is 9.84. The Hall–Kier alpha value is -4.52. The normalized spacial score (nSPS) is 28.8. The van der Waals surface area contributed by atoms with Crippen LogP contribution in [0.25, 0.3) is 0 Å². The first-order chi connectivity index (χ1) is 19.9. The van der Waals surface area contributed by atoms with Gasteiger partial charge in [0.25, 0.3) is 0 Å². The van der Waals surface area contributed by atoms with E-state index in [1.54, 1.807) is 18.2 Å². The van der Waals surface area contributed by atoms with Gasteiger partial charge < -0.3 is 5.11 Å². The van der Waals surface area contributed by atoms with E-state index in [0.717, 1.165) is 16.7 Å². The molecule has 2 heterocycles. The third-order valence-electron chi connectivity index (χ3n) is 9.47. The van der Waals surface area contributed by atoms with Crippen molar-refractivity contribution in [2.75, 3.05) is 0 Å². The number of nitrogens with zero attached hydrogens (tertiary/aromatic N) is 2. The van der Waals surface area contributed by atoms with Gasteiger partial charge in [0, 0.05) is 11.5 Å². The van der Waals surface area contributed by atoms with Crippen LogP contribution in [0.2, 0.25) is 0 Å². The summed E-state index contributed by atoms with van der Waals surface area (Å²) in [5.41, 5.74) is 3.21. The van der Waals surface area contributed by atoms with Crippen LogP contribution in [-0.2, 0) is 32.3 Å². The molecule has 1 saturated carbocycles. The lowest BCUT2D eigenvalue weighted by Gasteiger charge is -2.44. The minimum Gasteiger partial charge on any atom is -0.508 e. The molecule has 7 nitrogen and oxygen atoms in total. The van der Waals surface area contributed by atoms with Crippen molar-refractivity contribution in [1.82, 2.24) is 9.80 Å². The van der Waals surface area contributed by atoms with E-state index in [1.165, 1.54) is 9.80 Å². The maximum Gasteiger partial charge on any atom is 0.234 e. The van der Waals surface area contributed by atoms with Crippen molar-refractivity contribution >= 4 is 23.6 Å². The van der Waals surface area contributed by atoms with Gasteiger partial charge in [-0.15, -0.1) is 0 Å². The largest absolute Gasteiger partial charge is 0.508 e. The maximum absolute atomic E-state index is 14.0. The average molecular weight is 547 g/mol. The molecule has 7 rings (SSSR count). The van der Waals surface area contributed by atoms with Crippen molar-refractivity contribution in [1.29, 1.82) is 0 Å². The van der Waals surface area contributed by atoms with Crippen LogP contribution in [0.5, 0.6) is 5.75 Å². The predicted molar refractivity (Wildman–Crippen MR) is 150 cm³/mol. The van der Waals surface area contributed by atoms with Gasteiger partial charge >= 0.3 is 0 Å². The molecule has 0 spiro atoms. The van der Waals surface area contributed by atoms with Crippen molar-refractivity contribution < 1.29 is 24.3 Å². The first kappa shape index (κ1) is 25.4. The number of fused-ring (bicyclic) bond motifs is 4. The summed E-state index contributed by atoms with van der Waals surface area (Å²) in [6.45, 7) is 0.391. The molecule has 3 aromatic carbocycles. The molecule has 3 fully saturated rings. The Morgan fingerprint density at radius 2 is 1.15 bits per heavy atom. The summed E-state index contributed by atoms with van der Waals surface area (Å²) < 4.78 is 0. The standard InChI is InChI=1S/C34H30N2O5/c37-27-14-8-7-13-23(27)28-22-15-16-24-29(33(40)35(31(24)38)18-20-9-3-1-4-10-20)25(22)17-26-30(28)34(41)36(32(26)39)19-21-11-5-2-6-12-21/h1-15,24-26,28-30,37H,16-19H2/t24-,25+,26+,28+,29-,30+/m0/s1. The van der Waals surface area contributed by atoms with E-state index in [-0.39, 0.29) is 48.4 Å². The van der Waals surface area contributed by atoms with Gasteiger partial charge in [0.05, 0.1) is 36.8 Å². The number of para-hydroxylation sites is 1. The first-order valence-electron chi connectivity index (χ1n) is 14.2. The summed E-state index contributed by atoms with van der Waals surface area (Å²) in [6.07, 6.45) is 2.73. The fourth-order valence-corrected chi connectivity index (χ4v) is 7.66. The summed E-state index contributed by atoms with van der Waals surface area (Å²) in [5.74, 6) is -4.15. The van der Waals surface area contributed by atoms with Crippen LogP contribution in [0.1, 0.15) is 35.4 Å². The number of phenols is 1. The SMILES string of the molecule is O=C1[C@H]2[C@H](CC=C3[C@H]2C[C@H]2C(=O)N(Cc4ccccc4)C(=O)[C@H]2[C@H]3c2ccccc2O)C(=O)N1Cc1ccccc1. The van der Waals surface area contributed by atoms with Gasteiger partial charge in [0.15, 0.2) is 0 Å². The molecule has 206 valence electrons. The quantitative estimate of drug-likeness (QED) is 0.378. The molecule has 4 amide bonds. The van der Waals surface area contributed by atoms with E-state index >= 15 is 0 Å². The highest BCUT2D eigenvalue weighted by Gasteiger charge is 2.62. The Bertz CT molecular complexity index is 1580. The summed E-state index contributed by atoms with van der Waals surface area (Å²) in [4.78, 5) is 58.1. The summed E-state index contributed by atoms with van der Waals surface area (Å²) in [7, 11) is 0. The third-order valence-corrected chi connectivity index (χ3v) is 9.47. The molecule has 0 radical (unpaired) electrons. The highest BCUT2D eigenvalue weighted by Crippen LogP contribution is 2.58. The summed E-state index contributed by atoms with van der Waals surface area (Å²) in [6, 6.07) is 25.8. The second-order valence-corrected chi connectivity index (χ2v) is 11.6. The number of aromatic hydroxyl groups is 1. The van der Waals surface area contributed by atoms with Gasteiger partial charge in [-0.25, -0.2) is 0 Å². The number of rotatable bonds is 5. The fourth-order valence-electron chi connectivity index (χ4n) is 7.66. The van der Waals surface area contributed by atoms with E-state index in [1.807, 2.05) is 72.8 Å². The molecule has 0 aromatic heterocycles. The number of carbonyl (C=O) groups is 4. The van der Waals surface area contributed by atoms with Gasteiger partial charge in [-0.2, -0.15) is 0 Å². The van der Waals surface area contributed by atoms with E-state index in [9.17, 15) is 24.3 Å². The molecule has 0 bridgehead atoms. The Kier molecular flexibility index (Phi) is 6.11. The zero-order valence-corrected chi connectivity index (χ0v) is 22.4. The van der Waals surface area contributed by atoms with E-state index in [2.05, 4.69) is 0 Å². The molecule has 0 unspecified atom stereocenters. The molecular formula is C34H30N2O5. The van der Waals surface area contributed by atoms with Crippen molar-refractivity contribution in [3.8, 4) is 5.75 Å². The Balaban J connectivity index is 1.28. The minimum atomic E-state index is -0.675. The number of allylic oxidation sites excluding steroid dienone is 2. The summed E-state index contributed by atoms with van der Waals surface area (Å²) >= 11 is 0. The van der Waals surface area contributed by atoms with Crippen molar-refractivity contribution in [2.24, 2.45) is 29.6 Å². The highest BCUT2D eigenvalue weighted by molar-refractivity contribution is 6.08. The fraction of sp³-hybridized carbons (Fsp3) is 0.294. The number of likely N-dealkylation sites (tertiary alicyclic amines) is 2. The smallest absolute Gasteiger partial charge is 0.234 e. The van der Waals surface area contributed by atoms with Crippen LogP contribution in [0.3, 0.4) is 0 Å². The molecule has 2 aliphatic heterocycles. The minimum absolute atomic E-state index is 0.0567. The van der Waals surface area contributed by atoms with Crippen molar-refractivity contribution in [3.05, 3.63) is 113 Å². The molecule has 4 aliphatic rings. The maximum atomic E-state index is 14.0. The number of imide groups is 2. The van der Waals surface area contributed by atoms with Gasteiger partial charge in [0.1, 0.15) is 5.75 Å². The van der Waals surface area contributed by atoms with Crippen LogP contribution in [0.15, 0.2) is 96.6 Å². The van der Waals surface area contributed by atoms with Crippen molar-refractivity contribution in [2.45, 2.75) is 31.8 Å².